The molecule has 170 valence electrons. The van der Waals surface area contributed by atoms with Gasteiger partial charge in [-0.3, -0.25) is 14.4 Å². The summed E-state index contributed by atoms with van der Waals surface area (Å²) in [5, 5.41) is 16.4. The lowest BCUT2D eigenvalue weighted by Gasteiger charge is -2.27. The lowest BCUT2D eigenvalue weighted by atomic mass is 9.78. The maximum Gasteiger partial charge on any atom is 0.307 e. The molecule has 2 amide bonds. The summed E-state index contributed by atoms with van der Waals surface area (Å²) in [6.45, 7) is 2.20. The van der Waals surface area contributed by atoms with E-state index in [4.69, 9.17) is 0 Å². The Labute approximate surface area is 188 Å². The van der Waals surface area contributed by atoms with Crippen molar-refractivity contribution in [1.82, 2.24) is 5.32 Å². The molecule has 0 spiro atoms. The summed E-state index contributed by atoms with van der Waals surface area (Å²) in [6, 6.07) is 0.216. The van der Waals surface area contributed by atoms with Gasteiger partial charge in [-0.25, -0.2) is 0 Å². The lowest BCUT2D eigenvalue weighted by Crippen LogP contribution is -2.37. The van der Waals surface area contributed by atoms with Crippen molar-refractivity contribution in [3.8, 4) is 0 Å². The Hall–Kier alpha value is -1.89. The van der Waals surface area contributed by atoms with Gasteiger partial charge in [0.15, 0.2) is 0 Å². The summed E-state index contributed by atoms with van der Waals surface area (Å²) >= 11 is 1.53. The van der Waals surface area contributed by atoms with E-state index in [1.54, 1.807) is 0 Å². The van der Waals surface area contributed by atoms with E-state index in [1.807, 2.05) is 0 Å². The number of carboxylic acids is 1. The molecular formula is C24H34N2O4S. The number of rotatable bonds is 6. The van der Waals surface area contributed by atoms with Gasteiger partial charge in [0, 0.05) is 10.9 Å². The van der Waals surface area contributed by atoms with Gasteiger partial charge in [-0.15, -0.1) is 11.3 Å². The van der Waals surface area contributed by atoms with Crippen molar-refractivity contribution >= 4 is 34.1 Å². The predicted molar refractivity (Wildman–Crippen MR) is 122 cm³/mol. The van der Waals surface area contributed by atoms with Crippen molar-refractivity contribution in [2.24, 2.45) is 17.8 Å². The number of hydrogen-bond donors (Lipinski definition) is 3. The van der Waals surface area contributed by atoms with Gasteiger partial charge in [0.05, 0.1) is 17.4 Å². The molecule has 0 aliphatic heterocycles. The second-order valence-corrected chi connectivity index (χ2v) is 10.6. The van der Waals surface area contributed by atoms with E-state index in [0.717, 1.165) is 69.8 Å². The average molecular weight is 447 g/mol. The van der Waals surface area contributed by atoms with E-state index < -0.39 is 17.8 Å². The minimum absolute atomic E-state index is 0.0759. The monoisotopic (exact) mass is 446 g/mol. The standard InChI is InChI=1S/C24H34N2O4S/c1-2-14-11-12-18-19(13-14)31-23(20(18)22(28)25-15-7-3-4-8-15)26-21(27)16-9-5-6-10-17(16)24(29)30/h14-17H,2-13H2,1H3,(H,25,28)(H,26,27)(H,29,30)/t14-,16+,17+/m1/s1. The number of carbonyl (C=O) groups is 3. The minimum atomic E-state index is -0.893. The number of thiophene rings is 1. The molecule has 1 aromatic rings. The summed E-state index contributed by atoms with van der Waals surface area (Å²) in [7, 11) is 0. The van der Waals surface area contributed by atoms with Gasteiger partial charge in [-0.1, -0.05) is 39.0 Å². The van der Waals surface area contributed by atoms with Crippen LogP contribution in [0, 0.1) is 17.8 Å². The van der Waals surface area contributed by atoms with Crippen LogP contribution in [0.15, 0.2) is 0 Å². The van der Waals surface area contributed by atoms with E-state index >= 15 is 0 Å². The summed E-state index contributed by atoms with van der Waals surface area (Å²) in [4.78, 5) is 39.3. The fraction of sp³-hybridized carbons (Fsp3) is 0.708. The highest BCUT2D eigenvalue weighted by Crippen LogP contribution is 2.41. The highest BCUT2D eigenvalue weighted by atomic mass is 32.1. The number of carbonyl (C=O) groups excluding carboxylic acids is 2. The van der Waals surface area contributed by atoms with Crippen molar-refractivity contribution in [2.75, 3.05) is 5.32 Å². The summed E-state index contributed by atoms with van der Waals surface area (Å²) in [5.74, 6) is -1.76. The smallest absolute Gasteiger partial charge is 0.307 e. The molecule has 2 saturated carbocycles. The molecule has 0 bridgehead atoms. The topological polar surface area (TPSA) is 95.5 Å². The second kappa shape index (κ2) is 9.72. The molecule has 0 aromatic carbocycles. The van der Waals surface area contributed by atoms with Crippen LogP contribution in [0.2, 0.25) is 0 Å². The van der Waals surface area contributed by atoms with Crippen LogP contribution < -0.4 is 10.6 Å². The number of anilines is 1. The van der Waals surface area contributed by atoms with E-state index in [-0.39, 0.29) is 17.9 Å². The molecule has 7 heteroatoms. The number of hydrogen-bond acceptors (Lipinski definition) is 4. The van der Waals surface area contributed by atoms with Crippen LogP contribution in [0.5, 0.6) is 0 Å². The number of aliphatic carboxylic acids is 1. The average Bonchev–Trinajstić information content (AvgIpc) is 3.40. The zero-order valence-corrected chi connectivity index (χ0v) is 19.2. The summed E-state index contributed by atoms with van der Waals surface area (Å²) in [6.07, 6.45) is 11.2. The Morgan fingerprint density at radius 2 is 1.68 bits per heavy atom. The van der Waals surface area contributed by atoms with Gasteiger partial charge in [0.25, 0.3) is 5.91 Å². The fourth-order valence-electron chi connectivity index (χ4n) is 5.60. The second-order valence-electron chi connectivity index (χ2n) is 9.50. The maximum atomic E-state index is 13.3. The van der Waals surface area contributed by atoms with Crippen LogP contribution >= 0.6 is 11.3 Å². The zero-order valence-electron chi connectivity index (χ0n) is 18.4. The maximum absolute atomic E-state index is 13.3. The number of nitrogens with one attached hydrogen (secondary N) is 2. The predicted octanol–water partition coefficient (Wildman–Crippen LogP) is 4.76. The molecule has 3 N–H and O–H groups in total. The van der Waals surface area contributed by atoms with Crippen molar-refractivity contribution in [3.05, 3.63) is 16.0 Å². The van der Waals surface area contributed by atoms with Crippen LogP contribution in [0.25, 0.3) is 0 Å². The molecule has 0 unspecified atom stereocenters. The number of amides is 2. The summed E-state index contributed by atoms with van der Waals surface area (Å²) < 4.78 is 0. The molecule has 1 aromatic heterocycles. The Bertz CT molecular complexity index is 843. The molecular weight excluding hydrogens is 412 g/mol. The quantitative estimate of drug-likeness (QED) is 0.587. The molecule has 3 aliphatic carbocycles. The first-order valence-corrected chi connectivity index (χ1v) is 12.8. The Morgan fingerprint density at radius 1 is 1.00 bits per heavy atom. The van der Waals surface area contributed by atoms with Crippen LogP contribution in [0.1, 0.15) is 91.9 Å². The Balaban J connectivity index is 1.59. The normalized spacial score (nSPS) is 26.3. The van der Waals surface area contributed by atoms with E-state index in [0.29, 0.717) is 29.3 Å². The van der Waals surface area contributed by atoms with E-state index in [1.165, 1.54) is 16.2 Å². The van der Waals surface area contributed by atoms with Crippen LogP contribution in [-0.2, 0) is 22.4 Å². The first-order chi connectivity index (χ1) is 15.0. The SMILES string of the molecule is CC[C@@H]1CCc2c(sc(NC(=O)[C@H]3CCCC[C@@H]3C(=O)O)c2C(=O)NC2CCCC2)C1. The van der Waals surface area contributed by atoms with E-state index in [2.05, 4.69) is 17.6 Å². The molecule has 31 heavy (non-hydrogen) atoms. The molecule has 2 fully saturated rings. The highest BCUT2D eigenvalue weighted by molar-refractivity contribution is 7.17. The number of fused-ring (bicyclic) bond motifs is 1. The van der Waals surface area contributed by atoms with Gasteiger partial charge >= 0.3 is 5.97 Å². The Morgan fingerprint density at radius 3 is 2.35 bits per heavy atom. The molecule has 3 atom stereocenters. The van der Waals surface area contributed by atoms with E-state index in [9.17, 15) is 19.5 Å². The molecule has 0 saturated heterocycles. The first kappa shape index (κ1) is 22.3. The third-order valence-corrected chi connectivity index (χ3v) is 8.69. The fourth-order valence-corrected chi connectivity index (χ4v) is 6.97. The lowest BCUT2D eigenvalue weighted by molar-refractivity contribution is -0.147. The van der Waals surface area contributed by atoms with Crippen molar-refractivity contribution in [2.45, 2.75) is 90.0 Å². The molecule has 3 aliphatic rings. The van der Waals surface area contributed by atoms with Crippen molar-refractivity contribution < 1.29 is 19.5 Å². The van der Waals surface area contributed by atoms with Crippen LogP contribution in [-0.4, -0.2) is 28.9 Å². The third-order valence-electron chi connectivity index (χ3n) is 7.52. The Kier molecular flexibility index (Phi) is 6.99. The third kappa shape index (κ3) is 4.81. The zero-order chi connectivity index (χ0) is 22.0. The van der Waals surface area contributed by atoms with Crippen molar-refractivity contribution in [3.63, 3.8) is 0 Å². The van der Waals surface area contributed by atoms with Gasteiger partial charge in [0.1, 0.15) is 5.00 Å². The first-order valence-electron chi connectivity index (χ1n) is 12.0. The number of carboxylic acid groups (broad SMARTS) is 1. The van der Waals surface area contributed by atoms with Crippen LogP contribution in [0.3, 0.4) is 0 Å². The summed E-state index contributed by atoms with van der Waals surface area (Å²) in [5.41, 5.74) is 1.73. The highest BCUT2D eigenvalue weighted by Gasteiger charge is 2.37. The van der Waals surface area contributed by atoms with Gasteiger partial charge in [-0.05, 0) is 56.4 Å². The molecule has 1 heterocycles. The minimum Gasteiger partial charge on any atom is -0.481 e. The van der Waals surface area contributed by atoms with Gasteiger partial charge in [-0.2, -0.15) is 0 Å². The van der Waals surface area contributed by atoms with Crippen molar-refractivity contribution in [1.29, 1.82) is 0 Å². The molecule has 6 nitrogen and oxygen atoms in total. The molecule has 0 radical (unpaired) electrons. The molecule has 4 rings (SSSR count). The van der Waals surface area contributed by atoms with Crippen LogP contribution in [0.4, 0.5) is 5.00 Å². The van der Waals surface area contributed by atoms with Gasteiger partial charge < -0.3 is 15.7 Å². The van der Waals surface area contributed by atoms with Gasteiger partial charge in [0.2, 0.25) is 5.91 Å². The largest absolute Gasteiger partial charge is 0.481 e.